The van der Waals surface area contributed by atoms with E-state index in [1.54, 1.807) is 36.5 Å². The van der Waals surface area contributed by atoms with Crippen LogP contribution < -0.4 is 0 Å². The summed E-state index contributed by atoms with van der Waals surface area (Å²) in [6.45, 7) is 3.37. The van der Waals surface area contributed by atoms with Crippen LogP contribution in [0.3, 0.4) is 0 Å². The van der Waals surface area contributed by atoms with E-state index in [1.807, 2.05) is 12.1 Å². The van der Waals surface area contributed by atoms with E-state index in [-0.39, 0.29) is 17.5 Å². The third-order valence-electron chi connectivity index (χ3n) is 6.29. The Labute approximate surface area is 204 Å². The molecule has 0 saturated carbocycles. The molecule has 6 nitrogen and oxygen atoms in total. The van der Waals surface area contributed by atoms with Crippen molar-refractivity contribution in [2.75, 3.05) is 13.1 Å². The van der Waals surface area contributed by atoms with Crippen molar-refractivity contribution in [1.82, 2.24) is 0 Å². The van der Waals surface area contributed by atoms with Crippen molar-refractivity contribution in [3.05, 3.63) is 82.8 Å². The van der Waals surface area contributed by atoms with Crippen molar-refractivity contribution in [3.63, 3.8) is 0 Å². The summed E-state index contributed by atoms with van der Waals surface area (Å²) in [5.74, 6) is 2.07. The Morgan fingerprint density at radius 1 is 1.09 bits per heavy atom. The van der Waals surface area contributed by atoms with Crippen molar-refractivity contribution in [1.29, 1.82) is 0 Å². The van der Waals surface area contributed by atoms with Gasteiger partial charge in [-0.25, -0.2) is 14.4 Å². The van der Waals surface area contributed by atoms with Gasteiger partial charge in [0, 0.05) is 31.3 Å². The minimum atomic E-state index is -0.333. The maximum Gasteiger partial charge on any atom is 0.190 e. The van der Waals surface area contributed by atoms with E-state index in [0.29, 0.717) is 36.6 Å². The molecule has 0 aliphatic carbocycles. The van der Waals surface area contributed by atoms with Gasteiger partial charge in [0.25, 0.3) is 0 Å². The SMILES string of the molecule is CC1=C(c2ccc(O)cc2)OC(CC2CCC=C3N=C(c4ccccc4F)N=C3C=NC2)=NCC1. The first-order valence-corrected chi connectivity index (χ1v) is 11.9. The Hall–Kier alpha value is -3.87. The summed E-state index contributed by atoms with van der Waals surface area (Å²) in [4.78, 5) is 18.4. The number of hydrogen-bond donors (Lipinski definition) is 1. The van der Waals surface area contributed by atoms with Gasteiger partial charge < -0.3 is 9.84 Å². The number of benzene rings is 2. The molecule has 0 radical (unpaired) electrons. The van der Waals surface area contributed by atoms with E-state index in [2.05, 4.69) is 28.0 Å². The van der Waals surface area contributed by atoms with E-state index in [1.165, 1.54) is 6.07 Å². The van der Waals surface area contributed by atoms with Crippen LogP contribution in [0, 0.1) is 11.7 Å². The van der Waals surface area contributed by atoms with E-state index in [0.717, 1.165) is 47.8 Å². The van der Waals surface area contributed by atoms with Crippen molar-refractivity contribution in [2.45, 2.75) is 32.6 Å². The number of hydrogen-bond acceptors (Lipinski definition) is 6. The summed E-state index contributed by atoms with van der Waals surface area (Å²) >= 11 is 0. The summed E-state index contributed by atoms with van der Waals surface area (Å²) in [6.07, 6.45) is 7.02. The van der Waals surface area contributed by atoms with Crippen molar-refractivity contribution < 1.29 is 14.2 Å². The minimum absolute atomic E-state index is 0.229. The molecule has 0 saturated heterocycles. The molecule has 1 atom stereocenters. The van der Waals surface area contributed by atoms with Crippen molar-refractivity contribution in [2.24, 2.45) is 25.9 Å². The fraction of sp³-hybridized carbons (Fsp3) is 0.286. The Balaban J connectivity index is 1.28. The highest BCUT2D eigenvalue weighted by atomic mass is 19.1. The first-order chi connectivity index (χ1) is 17.1. The molecule has 0 spiro atoms. The summed E-state index contributed by atoms with van der Waals surface area (Å²) in [5, 5.41) is 9.63. The molecule has 1 unspecified atom stereocenters. The molecular weight excluding hydrogens is 443 g/mol. The summed E-state index contributed by atoms with van der Waals surface area (Å²) in [5.41, 5.74) is 3.87. The molecule has 1 N–H and O–H groups in total. The van der Waals surface area contributed by atoms with Crippen LogP contribution in [-0.2, 0) is 4.74 Å². The predicted octanol–water partition coefficient (Wildman–Crippen LogP) is 5.74. The topological polar surface area (TPSA) is 78.9 Å². The predicted molar refractivity (Wildman–Crippen MR) is 138 cm³/mol. The monoisotopic (exact) mass is 470 g/mol. The zero-order valence-electron chi connectivity index (χ0n) is 19.6. The molecule has 5 rings (SSSR count). The first kappa shape index (κ1) is 22.9. The van der Waals surface area contributed by atoms with Gasteiger partial charge in [0.1, 0.15) is 23.0 Å². The van der Waals surface area contributed by atoms with Crippen LogP contribution in [0.15, 0.2) is 85.8 Å². The van der Waals surface area contributed by atoms with Crippen LogP contribution in [0.25, 0.3) is 5.76 Å². The van der Waals surface area contributed by atoms with Crippen molar-refractivity contribution in [3.8, 4) is 5.75 Å². The molecule has 0 bridgehead atoms. The number of ether oxygens (including phenoxy) is 1. The second-order valence-corrected chi connectivity index (χ2v) is 8.93. The average molecular weight is 471 g/mol. The largest absolute Gasteiger partial charge is 0.508 e. The van der Waals surface area contributed by atoms with Gasteiger partial charge in [0.15, 0.2) is 11.7 Å². The standard InChI is InChI=1S/C28H27FN4O2/c1-18-13-14-31-26(35-27(18)20-9-11-21(34)12-10-20)15-19-5-4-8-24-25(17-30-16-19)33-28(32-24)22-6-2-3-7-23(22)29/h2-3,6-12,17,19,34H,4-5,13-16H2,1H3. The third kappa shape index (κ3) is 5.29. The molecule has 0 fully saturated rings. The van der Waals surface area contributed by atoms with Gasteiger partial charge in [-0.15, -0.1) is 0 Å². The van der Waals surface area contributed by atoms with Gasteiger partial charge in [-0.05, 0) is 74.1 Å². The van der Waals surface area contributed by atoms with Crippen LogP contribution in [0.1, 0.15) is 43.7 Å². The summed E-state index contributed by atoms with van der Waals surface area (Å²) in [7, 11) is 0. The Kier molecular flexibility index (Phi) is 6.66. The number of nitrogens with zero attached hydrogens (tertiary/aromatic N) is 4. The van der Waals surface area contributed by atoms with Gasteiger partial charge in [-0.1, -0.05) is 18.2 Å². The lowest BCUT2D eigenvalue weighted by Gasteiger charge is -2.17. The number of rotatable bonds is 4. The second kappa shape index (κ2) is 10.2. The third-order valence-corrected chi connectivity index (χ3v) is 6.29. The number of aliphatic imine (C=N–C) groups is 4. The molecule has 35 heavy (non-hydrogen) atoms. The van der Waals surface area contributed by atoms with Gasteiger partial charge >= 0.3 is 0 Å². The first-order valence-electron chi connectivity index (χ1n) is 11.9. The number of phenolic OH excluding ortho intramolecular Hbond substituents is 1. The molecule has 7 heteroatoms. The molecule has 3 aliphatic rings. The lowest BCUT2D eigenvalue weighted by atomic mass is 9.99. The quantitative estimate of drug-likeness (QED) is 0.619. The maximum absolute atomic E-state index is 14.2. The summed E-state index contributed by atoms with van der Waals surface area (Å²) < 4.78 is 20.5. The van der Waals surface area contributed by atoms with Crippen LogP contribution in [0.2, 0.25) is 0 Å². The van der Waals surface area contributed by atoms with Crippen LogP contribution in [0.4, 0.5) is 4.39 Å². The highest BCUT2D eigenvalue weighted by Crippen LogP contribution is 2.29. The minimum Gasteiger partial charge on any atom is -0.508 e. The molecule has 3 heterocycles. The Bertz CT molecular complexity index is 1300. The molecule has 2 aromatic rings. The molecular formula is C28H27FN4O2. The van der Waals surface area contributed by atoms with Crippen molar-refractivity contribution >= 4 is 29.4 Å². The van der Waals surface area contributed by atoms with Crippen LogP contribution in [0.5, 0.6) is 5.75 Å². The van der Waals surface area contributed by atoms with E-state index < -0.39 is 0 Å². The van der Waals surface area contributed by atoms with Crippen LogP contribution >= 0.6 is 0 Å². The maximum atomic E-state index is 14.2. The number of phenols is 1. The zero-order valence-corrected chi connectivity index (χ0v) is 19.6. The molecule has 2 aromatic carbocycles. The van der Waals surface area contributed by atoms with Gasteiger partial charge in [0.05, 0.1) is 11.3 Å². The number of halogens is 1. The van der Waals surface area contributed by atoms with E-state index in [4.69, 9.17) is 9.73 Å². The molecule has 178 valence electrons. The highest BCUT2D eigenvalue weighted by Gasteiger charge is 2.22. The van der Waals surface area contributed by atoms with E-state index >= 15 is 0 Å². The molecule has 3 aliphatic heterocycles. The fourth-order valence-electron chi connectivity index (χ4n) is 4.35. The number of aromatic hydroxyl groups is 1. The Morgan fingerprint density at radius 2 is 1.91 bits per heavy atom. The molecule has 0 amide bonds. The second-order valence-electron chi connectivity index (χ2n) is 8.93. The normalized spacial score (nSPS) is 20.3. The number of allylic oxidation sites excluding steroid dienone is 2. The average Bonchev–Trinajstić information content (AvgIpc) is 3.19. The number of fused-ring (bicyclic) bond motifs is 1. The summed E-state index contributed by atoms with van der Waals surface area (Å²) in [6, 6.07) is 13.6. The smallest absolute Gasteiger partial charge is 0.190 e. The highest BCUT2D eigenvalue weighted by molar-refractivity contribution is 6.42. The molecule has 0 aromatic heterocycles. The zero-order chi connectivity index (χ0) is 24.2. The van der Waals surface area contributed by atoms with Gasteiger partial charge in [-0.2, -0.15) is 0 Å². The lowest BCUT2D eigenvalue weighted by Crippen LogP contribution is -2.14. The number of amidine groups is 1. The lowest BCUT2D eigenvalue weighted by molar-refractivity contribution is 0.438. The Morgan fingerprint density at radius 3 is 2.74 bits per heavy atom. The van der Waals surface area contributed by atoms with Gasteiger partial charge in [0.2, 0.25) is 0 Å². The van der Waals surface area contributed by atoms with Crippen LogP contribution in [-0.4, -0.2) is 41.9 Å². The van der Waals surface area contributed by atoms with Gasteiger partial charge in [-0.3, -0.25) is 9.98 Å². The van der Waals surface area contributed by atoms with E-state index in [9.17, 15) is 9.50 Å². The fourth-order valence-corrected chi connectivity index (χ4v) is 4.35.